The van der Waals surface area contributed by atoms with Crippen LogP contribution < -0.4 is 5.32 Å². The van der Waals surface area contributed by atoms with Crippen LogP contribution >= 0.6 is 11.6 Å². The Morgan fingerprint density at radius 1 is 1.13 bits per heavy atom. The lowest BCUT2D eigenvalue weighted by Crippen LogP contribution is -2.28. The SMILES string of the molecule is Cc1c(C(=O)Nc2ccc(C3(C#N)CCCCC3)nc2)cnn1-c1ccc(Cl)cc1. The van der Waals surface area contributed by atoms with Crippen LogP contribution in [0.25, 0.3) is 5.69 Å². The van der Waals surface area contributed by atoms with E-state index in [-0.39, 0.29) is 5.91 Å². The average Bonchev–Trinajstić information content (AvgIpc) is 3.16. The lowest BCUT2D eigenvalue weighted by Gasteiger charge is -2.30. The third-order valence-electron chi connectivity index (χ3n) is 5.76. The van der Waals surface area contributed by atoms with E-state index >= 15 is 0 Å². The van der Waals surface area contributed by atoms with Crippen molar-refractivity contribution in [1.82, 2.24) is 14.8 Å². The number of benzene rings is 1. The highest BCUT2D eigenvalue weighted by Gasteiger charge is 2.35. The minimum atomic E-state index is -0.503. The Morgan fingerprint density at radius 2 is 1.87 bits per heavy atom. The normalized spacial score (nSPS) is 15.4. The molecule has 0 saturated heterocycles. The van der Waals surface area contributed by atoms with Gasteiger partial charge in [0.15, 0.2) is 0 Å². The monoisotopic (exact) mass is 419 g/mol. The first-order valence-electron chi connectivity index (χ1n) is 10.0. The van der Waals surface area contributed by atoms with Crippen molar-refractivity contribution in [2.24, 2.45) is 0 Å². The number of nitrogens with zero attached hydrogens (tertiary/aromatic N) is 4. The molecular formula is C23H22ClN5O. The van der Waals surface area contributed by atoms with Gasteiger partial charge in [-0.2, -0.15) is 10.4 Å². The molecule has 1 aliphatic carbocycles. The van der Waals surface area contributed by atoms with E-state index in [9.17, 15) is 10.1 Å². The molecule has 2 aromatic heterocycles. The second-order valence-electron chi connectivity index (χ2n) is 7.67. The highest BCUT2D eigenvalue weighted by molar-refractivity contribution is 6.30. The third kappa shape index (κ3) is 3.81. The molecule has 4 rings (SSSR count). The summed E-state index contributed by atoms with van der Waals surface area (Å²) in [6, 6.07) is 13.4. The quantitative estimate of drug-likeness (QED) is 0.629. The lowest BCUT2D eigenvalue weighted by molar-refractivity contribution is 0.102. The first kappa shape index (κ1) is 20.1. The molecular weight excluding hydrogens is 398 g/mol. The van der Waals surface area contributed by atoms with Crippen LogP contribution in [0.2, 0.25) is 5.02 Å². The number of nitrogens with one attached hydrogen (secondary N) is 1. The molecule has 1 saturated carbocycles. The van der Waals surface area contributed by atoms with Gasteiger partial charge in [-0.3, -0.25) is 9.78 Å². The fourth-order valence-corrected chi connectivity index (χ4v) is 4.13. The van der Waals surface area contributed by atoms with Crippen molar-refractivity contribution in [2.75, 3.05) is 5.32 Å². The average molecular weight is 420 g/mol. The first-order chi connectivity index (χ1) is 14.5. The molecule has 152 valence electrons. The first-order valence-corrected chi connectivity index (χ1v) is 10.4. The van der Waals surface area contributed by atoms with Gasteiger partial charge in [-0.1, -0.05) is 30.9 Å². The van der Waals surface area contributed by atoms with E-state index in [1.807, 2.05) is 31.2 Å². The smallest absolute Gasteiger partial charge is 0.259 e. The number of pyridine rings is 1. The number of rotatable bonds is 4. The van der Waals surface area contributed by atoms with Crippen LogP contribution in [0, 0.1) is 18.3 Å². The zero-order valence-corrected chi connectivity index (χ0v) is 17.5. The van der Waals surface area contributed by atoms with Crippen molar-refractivity contribution in [2.45, 2.75) is 44.4 Å². The van der Waals surface area contributed by atoms with E-state index < -0.39 is 5.41 Å². The Kier molecular flexibility index (Phi) is 5.56. The molecule has 1 aliphatic rings. The van der Waals surface area contributed by atoms with Crippen molar-refractivity contribution >= 4 is 23.2 Å². The van der Waals surface area contributed by atoms with Gasteiger partial charge in [-0.05, 0) is 56.2 Å². The number of carbonyl (C=O) groups is 1. The summed E-state index contributed by atoms with van der Waals surface area (Å²) in [7, 11) is 0. The van der Waals surface area contributed by atoms with Gasteiger partial charge in [0, 0.05) is 5.02 Å². The maximum absolute atomic E-state index is 12.8. The number of nitriles is 1. The summed E-state index contributed by atoms with van der Waals surface area (Å²) >= 11 is 5.95. The van der Waals surface area contributed by atoms with E-state index in [0.717, 1.165) is 42.8 Å². The lowest BCUT2D eigenvalue weighted by atomic mass is 9.73. The molecule has 1 aromatic carbocycles. The van der Waals surface area contributed by atoms with Gasteiger partial charge in [-0.15, -0.1) is 0 Å². The number of amides is 1. The van der Waals surface area contributed by atoms with E-state index in [2.05, 4.69) is 21.5 Å². The number of hydrogen-bond donors (Lipinski definition) is 1. The van der Waals surface area contributed by atoms with Crippen LogP contribution in [0.5, 0.6) is 0 Å². The van der Waals surface area contributed by atoms with Crippen molar-refractivity contribution < 1.29 is 4.79 Å². The number of halogens is 1. The molecule has 0 bridgehead atoms. The zero-order chi connectivity index (χ0) is 21.1. The van der Waals surface area contributed by atoms with Crippen LogP contribution in [0.4, 0.5) is 5.69 Å². The molecule has 0 atom stereocenters. The molecule has 2 heterocycles. The summed E-state index contributed by atoms with van der Waals surface area (Å²) in [4.78, 5) is 17.3. The maximum Gasteiger partial charge on any atom is 0.259 e. The molecule has 0 radical (unpaired) electrons. The van der Waals surface area contributed by atoms with Gasteiger partial charge < -0.3 is 5.32 Å². The number of carbonyl (C=O) groups excluding carboxylic acids is 1. The van der Waals surface area contributed by atoms with Crippen LogP contribution in [0.15, 0.2) is 48.8 Å². The minimum absolute atomic E-state index is 0.255. The second kappa shape index (κ2) is 8.29. The summed E-state index contributed by atoms with van der Waals surface area (Å²) in [6.45, 7) is 1.84. The highest BCUT2D eigenvalue weighted by atomic mass is 35.5. The van der Waals surface area contributed by atoms with E-state index in [4.69, 9.17) is 11.6 Å². The van der Waals surface area contributed by atoms with Gasteiger partial charge in [0.25, 0.3) is 5.91 Å². The Morgan fingerprint density at radius 3 is 2.50 bits per heavy atom. The summed E-state index contributed by atoms with van der Waals surface area (Å²) in [5, 5.41) is 17.6. The zero-order valence-electron chi connectivity index (χ0n) is 16.7. The summed E-state index contributed by atoms with van der Waals surface area (Å²) in [5.41, 5.74) is 2.91. The van der Waals surface area contributed by atoms with Gasteiger partial charge in [0.05, 0.1) is 52.2 Å². The van der Waals surface area contributed by atoms with Crippen molar-refractivity contribution in [3.63, 3.8) is 0 Å². The predicted octanol–water partition coefficient (Wildman–Crippen LogP) is 5.21. The number of hydrogen-bond acceptors (Lipinski definition) is 4. The Hall–Kier alpha value is -3.17. The standard InChI is InChI=1S/C23H22ClN5O/c1-16-20(14-27-29(16)19-8-5-17(24)6-9-19)22(30)28-18-7-10-21(26-13-18)23(15-25)11-3-2-4-12-23/h5-10,13-14H,2-4,11-12H2,1H3,(H,28,30). The van der Waals surface area contributed by atoms with Crippen LogP contribution in [-0.2, 0) is 5.41 Å². The van der Waals surface area contributed by atoms with E-state index in [1.165, 1.54) is 6.42 Å². The predicted molar refractivity (Wildman–Crippen MR) is 116 cm³/mol. The van der Waals surface area contributed by atoms with Crippen molar-refractivity contribution in [3.8, 4) is 11.8 Å². The molecule has 1 amide bonds. The fraction of sp³-hybridized carbons (Fsp3) is 0.304. The van der Waals surface area contributed by atoms with Gasteiger partial charge in [-0.25, -0.2) is 4.68 Å². The summed E-state index contributed by atoms with van der Waals surface area (Å²) in [5.74, 6) is -0.255. The minimum Gasteiger partial charge on any atom is -0.320 e. The van der Waals surface area contributed by atoms with Gasteiger partial charge in [0.2, 0.25) is 0 Å². The van der Waals surface area contributed by atoms with Crippen LogP contribution in [0.3, 0.4) is 0 Å². The molecule has 0 unspecified atom stereocenters. The van der Waals surface area contributed by atoms with E-state index in [1.54, 1.807) is 29.2 Å². The van der Waals surface area contributed by atoms with Crippen molar-refractivity contribution in [1.29, 1.82) is 5.26 Å². The Balaban J connectivity index is 1.51. The van der Waals surface area contributed by atoms with Gasteiger partial charge in [0.1, 0.15) is 0 Å². The maximum atomic E-state index is 12.8. The molecule has 6 nitrogen and oxygen atoms in total. The molecule has 1 N–H and O–H groups in total. The molecule has 3 aromatic rings. The Labute approximate surface area is 180 Å². The third-order valence-corrected chi connectivity index (χ3v) is 6.01. The Bertz CT molecular complexity index is 1090. The molecule has 7 heteroatoms. The van der Waals surface area contributed by atoms with Gasteiger partial charge >= 0.3 is 0 Å². The molecule has 0 aliphatic heterocycles. The molecule has 0 spiro atoms. The fourth-order valence-electron chi connectivity index (χ4n) is 4.00. The summed E-state index contributed by atoms with van der Waals surface area (Å²) < 4.78 is 1.70. The second-order valence-corrected chi connectivity index (χ2v) is 8.11. The van der Waals surface area contributed by atoms with E-state index in [0.29, 0.717) is 16.3 Å². The van der Waals surface area contributed by atoms with Crippen LogP contribution in [-0.4, -0.2) is 20.7 Å². The van der Waals surface area contributed by atoms with Crippen molar-refractivity contribution in [3.05, 3.63) is 70.8 Å². The number of anilines is 1. The molecule has 30 heavy (non-hydrogen) atoms. The topological polar surface area (TPSA) is 83.6 Å². The molecule has 1 fully saturated rings. The van der Waals surface area contributed by atoms with Crippen LogP contribution in [0.1, 0.15) is 53.8 Å². The number of aromatic nitrogens is 3. The highest BCUT2D eigenvalue weighted by Crippen LogP contribution is 2.38. The largest absolute Gasteiger partial charge is 0.320 e. The summed E-state index contributed by atoms with van der Waals surface area (Å²) in [6.07, 6.45) is 8.11.